The highest BCUT2D eigenvalue weighted by atomic mass is 35.5. The Balaban J connectivity index is 0. The van der Waals surface area contributed by atoms with Crippen LogP contribution in [-0.4, -0.2) is 10.5 Å². The zero-order chi connectivity index (χ0) is 11.4. The van der Waals surface area contributed by atoms with Crippen LogP contribution in [0, 0.1) is 0 Å². The van der Waals surface area contributed by atoms with Crippen molar-refractivity contribution in [2.45, 2.75) is 52.4 Å². The summed E-state index contributed by atoms with van der Waals surface area (Å²) in [5.74, 6) is 0. The molecule has 0 fully saturated rings. The molecule has 0 aromatic carbocycles. The van der Waals surface area contributed by atoms with Crippen molar-refractivity contribution in [1.82, 2.24) is 0 Å². The molecule has 0 aromatic heterocycles. The molecule has 84 valence electrons. The number of hydrogen-bond donors (Lipinski definition) is 0. The average molecular weight is 241 g/mol. The molecule has 0 heterocycles. The van der Waals surface area contributed by atoms with Crippen LogP contribution in [0.5, 0.6) is 0 Å². The summed E-state index contributed by atoms with van der Waals surface area (Å²) in [6.45, 7) is 4.46. The normalized spacial score (nSPS) is 8.86. The minimum absolute atomic E-state index is 0.0316. The first-order chi connectivity index (χ1) is 6.54. The number of carbonyl (C=O) groups is 2. The van der Waals surface area contributed by atoms with Crippen molar-refractivity contribution in [3.05, 3.63) is 0 Å². The maximum atomic E-state index is 9.90. The monoisotopic (exact) mass is 240 g/mol. The molecule has 0 aromatic rings. The van der Waals surface area contributed by atoms with Crippen LogP contribution in [0.1, 0.15) is 52.4 Å². The summed E-state index contributed by atoms with van der Waals surface area (Å²) in [7, 11) is 0. The van der Waals surface area contributed by atoms with E-state index < -0.39 is 10.5 Å². The Bertz CT molecular complexity index is 140. The largest absolute Gasteiger partial charge is 0.281 e. The lowest BCUT2D eigenvalue weighted by atomic mass is 10.2. The van der Waals surface area contributed by atoms with Gasteiger partial charge in [-0.1, -0.05) is 39.5 Å². The highest BCUT2D eigenvalue weighted by Gasteiger charge is 1.99. The van der Waals surface area contributed by atoms with Crippen LogP contribution in [-0.2, 0) is 9.59 Å². The predicted octanol–water partition coefficient (Wildman–Crippen LogP) is 3.88. The Morgan fingerprint density at radius 2 is 1.14 bits per heavy atom. The standard InChI is InChI=1S/C6H14.C4H4Cl2O2/c1-3-5-6-4-2;5-3(7)1-2-4(6)8/h3-6H2,1-2H3;1-2H2. The molecule has 0 saturated carbocycles. The van der Waals surface area contributed by atoms with E-state index in [1.807, 2.05) is 0 Å². The van der Waals surface area contributed by atoms with Crippen molar-refractivity contribution in [1.29, 1.82) is 0 Å². The molecule has 0 rings (SSSR count). The minimum atomic E-state index is -0.529. The van der Waals surface area contributed by atoms with Gasteiger partial charge in [-0.05, 0) is 23.2 Å². The molecule has 0 spiro atoms. The molecule has 0 aliphatic carbocycles. The summed E-state index contributed by atoms with van der Waals surface area (Å²) in [4.78, 5) is 19.8. The van der Waals surface area contributed by atoms with Gasteiger partial charge in [0.1, 0.15) is 0 Å². The summed E-state index contributed by atoms with van der Waals surface area (Å²) in [6.07, 6.45) is 5.60. The molecule has 4 heteroatoms. The van der Waals surface area contributed by atoms with E-state index in [-0.39, 0.29) is 12.8 Å². The van der Waals surface area contributed by atoms with E-state index in [0.29, 0.717) is 0 Å². The van der Waals surface area contributed by atoms with Crippen LogP contribution < -0.4 is 0 Å². The van der Waals surface area contributed by atoms with Crippen molar-refractivity contribution in [2.24, 2.45) is 0 Å². The quantitative estimate of drug-likeness (QED) is 0.522. The number of hydrogen-bond acceptors (Lipinski definition) is 2. The summed E-state index contributed by atoms with van der Waals surface area (Å²) < 4.78 is 0. The maximum Gasteiger partial charge on any atom is 0.222 e. The summed E-state index contributed by atoms with van der Waals surface area (Å²) >= 11 is 9.74. The average Bonchev–Trinajstić information content (AvgIpc) is 2.12. The van der Waals surface area contributed by atoms with E-state index in [9.17, 15) is 9.59 Å². The van der Waals surface area contributed by atoms with Crippen molar-refractivity contribution in [2.75, 3.05) is 0 Å². The van der Waals surface area contributed by atoms with E-state index in [4.69, 9.17) is 23.2 Å². The third-order valence-electron chi connectivity index (χ3n) is 1.48. The van der Waals surface area contributed by atoms with Crippen LogP contribution in [0.2, 0.25) is 0 Å². The van der Waals surface area contributed by atoms with Crippen molar-refractivity contribution in [3.63, 3.8) is 0 Å². The van der Waals surface area contributed by atoms with Gasteiger partial charge in [0.2, 0.25) is 10.5 Å². The first-order valence-corrected chi connectivity index (χ1v) is 5.66. The summed E-state index contributed by atoms with van der Waals surface area (Å²) in [5.41, 5.74) is 0. The highest BCUT2D eigenvalue weighted by molar-refractivity contribution is 6.65. The number of unbranched alkanes of at least 4 members (excludes halogenated alkanes) is 3. The molecule has 0 N–H and O–H groups in total. The van der Waals surface area contributed by atoms with Crippen LogP contribution in [0.15, 0.2) is 0 Å². The Morgan fingerprint density at radius 1 is 0.857 bits per heavy atom. The third kappa shape index (κ3) is 22.7. The van der Waals surface area contributed by atoms with Gasteiger partial charge in [0.15, 0.2) is 0 Å². The number of carbonyl (C=O) groups excluding carboxylic acids is 2. The lowest BCUT2D eigenvalue weighted by Gasteiger charge is -1.86. The molecule has 0 bridgehead atoms. The van der Waals surface area contributed by atoms with E-state index in [1.165, 1.54) is 25.7 Å². The zero-order valence-electron chi connectivity index (χ0n) is 8.82. The third-order valence-corrected chi connectivity index (χ3v) is 1.85. The van der Waals surface area contributed by atoms with E-state index in [0.717, 1.165) is 0 Å². The lowest BCUT2D eigenvalue weighted by Crippen LogP contribution is -1.90. The van der Waals surface area contributed by atoms with Crippen molar-refractivity contribution < 1.29 is 9.59 Å². The van der Waals surface area contributed by atoms with E-state index in [1.54, 1.807) is 0 Å². The molecule has 0 amide bonds. The summed E-state index contributed by atoms with van der Waals surface area (Å²) in [6, 6.07) is 0. The van der Waals surface area contributed by atoms with Gasteiger partial charge in [-0.3, -0.25) is 9.59 Å². The van der Waals surface area contributed by atoms with Crippen molar-refractivity contribution >= 4 is 33.7 Å². The topological polar surface area (TPSA) is 34.1 Å². The molecular formula is C10H18Cl2O2. The second-order valence-electron chi connectivity index (χ2n) is 2.92. The molecule has 0 saturated heterocycles. The fraction of sp³-hybridized carbons (Fsp3) is 0.800. The van der Waals surface area contributed by atoms with Gasteiger partial charge in [0, 0.05) is 12.8 Å². The van der Waals surface area contributed by atoms with Gasteiger partial charge in [0.25, 0.3) is 0 Å². The first kappa shape index (κ1) is 16.4. The minimum Gasteiger partial charge on any atom is -0.281 e. The fourth-order valence-corrected chi connectivity index (χ4v) is 0.886. The van der Waals surface area contributed by atoms with Gasteiger partial charge in [-0.2, -0.15) is 0 Å². The van der Waals surface area contributed by atoms with E-state index in [2.05, 4.69) is 13.8 Å². The van der Waals surface area contributed by atoms with Crippen LogP contribution in [0.3, 0.4) is 0 Å². The van der Waals surface area contributed by atoms with Gasteiger partial charge in [-0.15, -0.1) is 0 Å². The number of rotatable bonds is 6. The van der Waals surface area contributed by atoms with Gasteiger partial charge < -0.3 is 0 Å². The molecule has 2 nitrogen and oxygen atoms in total. The molecule has 0 radical (unpaired) electrons. The number of halogens is 2. The molecule has 0 aliphatic heterocycles. The second kappa shape index (κ2) is 12.9. The molecule has 0 aliphatic rings. The van der Waals surface area contributed by atoms with Gasteiger partial charge >= 0.3 is 0 Å². The maximum absolute atomic E-state index is 9.90. The fourth-order valence-electron chi connectivity index (χ4n) is 0.697. The molecular weight excluding hydrogens is 223 g/mol. The Morgan fingerprint density at radius 3 is 1.29 bits per heavy atom. The van der Waals surface area contributed by atoms with Crippen LogP contribution in [0.4, 0.5) is 0 Å². The SMILES string of the molecule is CCCCCC.O=C(Cl)CCC(=O)Cl. The van der Waals surface area contributed by atoms with Gasteiger partial charge in [0.05, 0.1) is 0 Å². The molecule has 0 unspecified atom stereocenters. The lowest BCUT2D eigenvalue weighted by molar-refractivity contribution is -0.116. The highest BCUT2D eigenvalue weighted by Crippen LogP contribution is 1.97. The van der Waals surface area contributed by atoms with Crippen LogP contribution >= 0.6 is 23.2 Å². The van der Waals surface area contributed by atoms with Gasteiger partial charge in [-0.25, -0.2) is 0 Å². The molecule has 0 atom stereocenters. The zero-order valence-corrected chi connectivity index (χ0v) is 10.3. The Labute approximate surface area is 96.0 Å². The second-order valence-corrected chi connectivity index (χ2v) is 3.76. The van der Waals surface area contributed by atoms with Crippen LogP contribution in [0.25, 0.3) is 0 Å². The Hall–Kier alpha value is -0.0800. The van der Waals surface area contributed by atoms with E-state index >= 15 is 0 Å². The van der Waals surface area contributed by atoms with Crippen molar-refractivity contribution in [3.8, 4) is 0 Å². The molecule has 14 heavy (non-hydrogen) atoms. The Kier molecular flexibility index (Phi) is 15.1. The summed E-state index contributed by atoms with van der Waals surface area (Å²) in [5, 5.41) is -1.06. The first-order valence-electron chi connectivity index (χ1n) is 4.91. The predicted molar refractivity (Wildman–Crippen MR) is 60.8 cm³/mol. The smallest absolute Gasteiger partial charge is 0.222 e.